The third-order valence-electron chi connectivity index (χ3n) is 4.34. The quantitative estimate of drug-likeness (QED) is 0.716. The predicted molar refractivity (Wildman–Crippen MR) is 88.4 cm³/mol. The summed E-state index contributed by atoms with van der Waals surface area (Å²) in [6.45, 7) is 3.68. The van der Waals surface area contributed by atoms with Crippen molar-refractivity contribution in [2.45, 2.75) is 19.8 Å². The minimum atomic E-state index is -0.294. The van der Waals surface area contributed by atoms with Gasteiger partial charge in [-0.1, -0.05) is 18.3 Å². The lowest BCUT2D eigenvalue weighted by Crippen LogP contribution is -2.38. The van der Waals surface area contributed by atoms with Crippen LogP contribution in [0.3, 0.4) is 0 Å². The normalized spacial score (nSPS) is 16.0. The maximum absolute atomic E-state index is 13.1. The maximum atomic E-state index is 13.1. The van der Waals surface area contributed by atoms with Gasteiger partial charge in [0.05, 0.1) is 0 Å². The Hall–Kier alpha value is -2.35. The lowest BCUT2D eigenvalue weighted by atomic mass is 9.99. The average Bonchev–Trinajstić information content (AvgIpc) is 3.16. The van der Waals surface area contributed by atoms with E-state index in [1.807, 2.05) is 4.90 Å². The number of carbonyl (C=O) groups excluding carboxylic acids is 1. The van der Waals surface area contributed by atoms with E-state index in [0.717, 1.165) is 31.5 Å². The average molecular weight is 345 g/mol. The number of nitrogens with zero attached hydrogens (tertiary/aromatic N) is 5. The molecule has 0 spiro atoms. The monoisotopic (exact) mass is 345 g/mol. The molecule has 3 heterocycles. The van der Waals surface area contributed by atoms with Crippen LogP contribution in [0.15, 0.2) is 24.3 Å². The first-order chi connectivity index (χ1) is 11.6. The topological polar surface area (TPSA) is 63.4 Å². The van der Waals surface area contributed by atoms with Gasteiger partial charge in [-0.25, -0.2) is 4.39 Å². The molecule has 1 aliphatic heterocycles. The smallest absolute Gasteiger partial charge is 0.293 e. The number of likely N-dealkylation sites (tertiary alicyclic amines) is 1. The Labute approximate surface area is 141 Å². The highest BCUT2D eigenvalue weighted by atomic mass is 32.1. The van der Waals surface area contributed by atoms with E-state index >= 15 is 0 Å². The predicted octanol–water partition coefficient (Wildman–Crippen LogP) is 2.86. The van der Waals surface area contributed by atoms with Gasteiger partial charge in [0, 0.05) is 18.7 Å². The first-order valence-electron chi connectivity index (χ1n) is 7.89. The molecule has 0 N–H and O–H groups in total. The zero-order valence-electron chi connectivity index (χ0n) is 13.1. The first-order valence-corrected chi connectivity index (χ1v) is 8.71. The van der Waals surface area contributed by atoms with Crippen LogP contribution in [0.5, 0.6) is 0 Å². The number of halogens is 1. The molecule has 4 rings (SSSR count). The van der Waals surface area contributed by atoms with E-state index in [2.05, 4.69) is 22.2 Å². The molecule has 1 saturated heterocycles. The Morgan fingerprint density at radius 1 is 1.21 bits per heavy atom. The molecule has 1 amide bonds. The van der Waals surface area contributed by atoms with Gasteiger partial charge in [0.15, 0.2) is 0 Å². The minimum Gasteiger partial charge on any atom is -0.336 e. The van der Waals surface area contributed by atoms with Crippen molar-refractivity contribution < 1.29 is 9.18 Å². The second-order valence-electron chi connectivity index (χ2n) is 6.11. The zero-order valence-corrected chi connectivity index (χ0v) is 14.0. The molecule has 0 unspecified atom stereocenters. The van der Waals surface area contributed by atoms with Gasteiger partial charge >= 0.3 is 0 Å². The number of amides is 1. The van der Waals surface area contributed by atoms with Crippen LogP contribution in [-0.2, 0) is 0 Å². The molecule has 6 nitrogen and oxygen atoms in total. The standard InChI is InChI=1S/C16H16FN5OS/c1-10-6-8-21(9-7-10)15(23)13-18-19-16-22(13)20-14(24-16)11-2-4-12(17)5-3-11/h2-5,10H,6-9H2,1H3. The van der Waals surface area contributed by atoms with Crippen molar-refractivity contribution in [2.75, 3.05) is 13.1 Å². The van der Waals surface area contributed by atoms with Crippen LogP contribution in [-0.4, -0.2) is 43.7 Å². The van der Waals surface area contributed by atoms with Crippen LogP contribution in [0.2, 0.25) is 0 Å². The molecule has 24 heavy (non-hydrogen) atoms. The van der Waals surface area contributed by atoms with E-state index in [-0.39, 0.29) is 17.5 Å². The molecule has 0 saturated carbocycles. The van der Waals surface area contributed by atoms with E-state index in [0.29, 0.717) is 15.9 Å². The van der Waals surface area contributed by atoms with Gasteiger partial charge in [-0.3, -0.25) is 4.79 Å². The van der Waals surface area contributed by atoms with Crippen molar-refractivity contribution in [3.8, 4) is 10.6 Å². The highest BCUT2D eigenvalue weighted by molar-refractivity contribution is 7.19. The number of fused-ring (bicyclic) bond motifs is 1. The first kappa shape index (κ1) is 15.2. The third-order valence-corrected chi connectivity index (χ3v) is 5.29. The number of piperidine rings is 1. The number of carbonyl (C=O) groups is 1. The third kappa shape index (κ3) is 2.66. The Kier molecular flexibility index (Phi) is 3.76. The largest absolute Gasteiger partial charge is 0.336 e. The van der Waals surface area contributed by atoms with E-state index in [4.69, 9.17) is 0 Å². The van der Waals surface area contributed by atoms with Crippen molar-refractivity contribution in [3.05, 3.63) is 35.9 Å². The molecular formula is C16H16FN5OS. The van der Waals surface area contributed by atoms with Gasteiger partial charge < -0.3 is 4.90 Å². The van der Waals surface area contributed by atoms with Crippen molar-refractivity contribution in [1.29, 1.82) is 0 Å². The molecule has 0 aliphatic carbocycles. The summed E-state index contributed by atoms with van der Waals surface area (Å²) in [5.74, 6) is 0.461. The molecule has 3 aromatic rings. The molecule has 1 aliphatic rings. The fourth-order valence-corrected chi connectivity index (χ4v) is 3.66. The van der Waals surface area contributed by atoms with Crippen LogP contribution >= 0.6 is 11.3 Å². The molecule has 0 bridgehead atoms. The lowest BCUT2D eigenvalue weighted by molar-refractivity contribution is 0.0682. The van der Waals surface area contributed by atoms with Crippen LogP contribution < -0.4 is 0 Å². The Balaban J connectivity index is 1.65. The van der Waals surface area contributed by atoms with Gasteiger partial charge in [-0.15, -0.1) is 10.2 Å². The SMILES string of the molecule is CC1CCN(C(=O)c2nnc3sc(-c4ccc(F)cc4)nn23)CC1. The summed E-state index contributed by atoms with van der Waals surface area (Å²) < 4.78 is 14.5. The highest BCUT2D eigenvalue weighted by Crippen LogP contribution is 2.26. The van der Waals surface area contributed by atoms with E-state index in [9.17, 15) is 9.18 Å². The van der Waals surface area contributed by atoms with Crippen molar-refractivity contribution in [2.24, 2.45) is 5.92 Å². The molecule has 0 radical (unpaired) electrons. The molecule has 1 aromatic carbocycles. The van der Waals surface area contributed by atoms with Crippen molar-refractivity contribution >= 4 is 22.2 Å². The molecule has 2 aromatic heterocycles. The Morgan fingerprint density at radius 3 is 2.62 bits per heavy atom. The number of hydrogen-bond donors (Lipinski definition) is 0. The summed E-state index contributed by atoms with van der Waals surface area (Å²) in [5.41, 5.74) is 0.789. The molecule has 0 atom stereocenters. The van der Waals surface area contributed by atoms with Crippen LogP contribution in [0.1, 0.15) is 30.4 Å². The van der Waals surface area contributed by atoms with E-state index < -0.39 is 0 Å². The van der Waals surface area contributed by atoms with Gasteiger partial charge in [-0.2, -0.15) is 9.61 Å². The fourth-order valence-electron chi connectivity index (χ4n) is 2.81. The second-order valence-corrected chi connectivity index (χ2v) is 7.06. The van der Waals surface area contributed by atoms with Crippen LogP contribution in [0, 0.1) is 11.7 Å². The second kappa shape index (κ2) is 5.94. The van der Waals surface area contributed by atoms with E-state index in [1.54, 1.807) is 12.1 Å². The number of rotatable bonds is 2. The molecule has 8 heteroatoms. The van der Waals surface area contributed by atoms with Gasteiger partial charge in [0.25, 0.3) is 5.91 Å². The Morgan fingerprint density at radius 2 is 1.92 bits per heavy atom. The summed E-state index contributed by atoms with van der Waals surface area (Å²) in [4.78, 5) is 15.1. The van der Waals surface area contributed by atoms with Crippen molar-refractivity contribution in [1.82, 2.24) is 24.7 Å². The van der Waals surface area contributed by atoms with E-state index in [1.165, 1.54) is 28.0 Å². The molecular weight excluding hydrogens is 329 g/mol. The minimum absolute atomic E-state index is 0.134. The number of aromatic nitrogens is 4. The number of hydrogen-bond acceptors (Lipinski definition) is 5. The van der Waals surface area contributed by atoms with Crippen LogP contribution in [0.4, 0.5) is 4.39 Å². The fraction of sp³-hybridized carbons (Fsp3) is 0.375. The summed E-state index contributed by atoms with van der Waals surface area (Å²) in [7, 11) is 0. The summed E-state index contributed by atoms with van der Waals surface area (Å²) in [6.07, 6.45) is 2.01. The summed E-state index contributed by atoms with van der Waals surface area (Å²) in [6, 6.07) is 6.10. The van der Waals surface area contributed by atoms with Crippen molar-refractivity contribution in [3.63, 3.8) is 0 Å². The van der Waals surface area contributed by atoms with Gasteiger partial charge in [0.2, 0.25) is 10.8 Å². The zero-order chi connectivity index (χ0) is 16.7. The Bertz CT molecular complexity index is 880. The highest BCUT2D eigenvalue weighted by Gasteiger charge is 2.26. The number of benzene rings is 1. The maximum Gasteiger partial charge on any atom is 0.293 e. The molecule has 1 fully saturated rings. The molecule has 124 valence electrons. The summed E-state index contributed by atoms with van der Waals surface area (Å²) >= 11 is 1.33. The lowest BCUT2D eigenvalue weighted by Gasteiger charge is -2.29. The van der Waals surface area contributed by atoms with Gasteiger partial charge in [0.1, 0.15) is 10.8 Å². The van der Waals surface area contributed by atoms with Crippen LogP contribution in [0.25, 0.3) is 15.5 Å². The van der Waals surface area contributed by atoms with Gasteiger partial charge in [-0.05, 0) is 43.0 Å². The summed E-state index contributed by atoms with van der Waals surface area (Å²) in [5, 5.41) is 13.2.